The Morgan fingerprint density at radius 3 is 2.60 bits per heavy atom. The van der Waals surface area contributed by atoms with Crippen molar-refractivity contribution in [3.63, 3.8) is 0 Å². The van der Waals surface area contributed by atoms with Crippen LogP contribution >= 0.6 is 0 Å². The number of methoxy groups -OCH3 is 1. The number of rotatable bonds is 9. The smallest absolute Gasteiger partial charge is 0.270 e. The summed E-state index contributed by atoms with van der Waals surface area (Å²) in [6.45, 7) is 5.71. The molecule has 0 saturated carbocycles. The lowest BCUT2D eigenvalue weighted by Gasteiger charge is -2.09. The van der Waals surface area contributed by atoms with Gasteiger partial charge in [0, 0.05) is 19.2 Å². The molecular formula is C19H26N4O2. The van der Waals surface area contributed by atoms with E-state index in [4.69, 9.17) is 4.74 Å². The third-order valence-corrected chi connectivity index (χ3v) is 3.79. The Kier molecular flexibility index (Phi) is 7.19. The topological polar surface area (TPSA) is 76.1 Å². The van der Waals surface area contributed by atoms with Gasteiger partial charge >= 0.3 is 0 Å². The molecule has 1 aromatic carbocycles. The maximum absolute atomic E-state index is 12.2. The first kappa shape index (κ1) is 18.7. The summed E-state index contributed by atoms with van der Waals surface area (Å²) in [5, 5.41) is 6.11. The minimum Gasteiger partial charge on any atom is -0.497 e. The van der Waals surface area contributed by atoms with Crippen molar-refractivity contribution < 1.29 is 9.53 Å². The monoisotopic (exact) mass is 342 g/mol. The van der Waals surface area contributed by atoms with Gasteiger partial charge in [0.1, 0.15) is 23.6 Å². The number of hydrogen-bond acceptors (Lipinski definition) is 5. The maximum atomic E-state index is 12.2. The minimum absolute atomic E-state index is 0.192. The average Bonchev–Trinajstić information content (AvgIpc) is 2.62. The summed E-state index contributed by atoms with van der Waals surface area (Å²) < 4.78 is 5.13. The second-order valence-electron chi connectivity index (χ2n) is 6.25. The fraction of sp³-hybridized carbons (Fsp3) is 0.421. The molecule has 6 heteroatoms. The number of benzene rings is 1. The molecule has 2 N–H and O–H groups in total. The molecule has 0 fully saturated rings. The van der Waals surface area contributed by atoms with E-state index in [1.807, 2.05) is 24.3 Å². The Morgan fingerprint density at radius 1 is 1.16 bits per heavy atom. The summed E-state index contributed by atoms with van der Waals surface area (Å²) >= 11 is 0. The van der Waals surface area contributed by atoms with E-state index in [1.165, 1.54) is 6.33 Å². The summed E-state index contributed by atoms with van der Waals surface area (Å²) in [5.41, 5.74) is 1.51. The van der Waals surface area contributed by atoms with Gasteiger partial charge in [-0.25, -0.2) is 9.97 Å². The van der Waals surface area contributed by atoms with E-state index in [0.29, 0.717) is 24.0 Å². The Bertz CT molecular complexity index is 671. The molecule has 1 aromatic heterocycles. The van der Waals surface area contributed by atoms with Crippen LogP contribution in [0.1, 0.15) is 36.3 Å². The highest BCUT2D eigenvalue weighted by atomic mass is 16.5. The first-order valence-corrected chi connectivity index (χ1v) is 8.55. The number of nitrogens with zero attached hydrogens (tertiary/aromatic N) is 2. The van der Waals surface area contributed by atoms with Crippen molar-refractivity contribution in [2.75, 3.05) is 25.5 Å². The Labute approximate surface area is 149 Å². The molecule has 0 radical (unpaired) electrons. The van der Waals surface area contributed by atoms with E-state index < -0.39 is 0 Å². The highest BCUT2D eigenvalue weighted by molar-refractivity contribution is 5.92. The zero-order valence-electron chi connectivity index (χ0n) is 15.1. The number of hydrogen-bond donors (Lipinski definition) is 2. The molecule has 1 amide bonds. The van der Waals surface area contributed by atoms with Crippen LogP contribution in [-0.4, -0.2) is 36.1 Å². The van der Waals surface area contributed by atoms with Crippen LogP contribution < -0.4 is 15.4 Å². The van der Waals surface area contributed by atoms with Crippen LogP contribution in [0.4, 0.5) is 5.82 Å². The predicted octanol–water partition coefficient (Wildman–Crippen LogP) is 2.92. The summed E-state index contributed by atoms with van der Waals surface area (Å²) in [6.07, 6.45) is 3.21. The van der Waals surface area contributed by atoms with Crippen molar-refractivity contribution >= 4 is 11.7 Å². The standard InChI is InChI=1S/C19H26N4O2/c1-14(2)8-10-20-18-12-17(22-13-23-18)19(24)21-11-9-15-4-6-16(25-3)7-5-15/h4-7,12-14H,8-11H2,1-3H3,(H,21,24)(H,20,22,23). The van der Waals surface area contributed by atoms with Crippen molar-refractivity contribution in [1.29, 1.82) is 0 Å². The summed E-state index contributed by atoms with van der Waals surface area (Å²) in [7, 11) is 1.64. The van der Waals surface area contributed by atoms with Crippen LogP contribution in [0.15, 0.2) is 36.7 Å². The lowest BCUT2D eigenvalue weighted by Crippen LogP contribution is -2.26. The van der Waals surface area contributed by atoms with Gasteiger partial charge in [0.05, 0.1) is 7.11 Å². The van der Waals surface area contributed by atoms with Gasteiger partial charge in [-0.3, -0.25) is 4.79 Å². The fourth-order valence-electron chi connectivity index (χ4n) is 2.27. The molecular weight excluding hydrogens is 316 g/mol. The molecule has 134 valence electrons. The summed E-state index contributed by atoms with van der Waals surface area (Å²) in [6, 6.07) is 9.50. The molecule has 6 nitrogen and oxygen atoms in total. The highest BCUT2D eigenvalue weighted by Gasteiger charge is 2.08. The zero-order valence-corrected chi connectivity index (χ0v) is 15.1. The van der Waals surface area contributed by atoms with E-state index in [0.717, 1.165) is 30.7 Å². The Hall–Kier alpha value is -2.63. The van der Waals surface area contributed by atoms with Crippen molar-refractivity contribution in [3.8, 4) is 5.75 Å². The van der Waals surface area contributed by atoms with Gasteiger partial charge in [-0.05, 0) is 36.5 Å². The number of nitrogens with one attached hydrogen (secondary N) is 2. The predicted molar refractivity (Wildman–Crippen MR) is 99.0 cm³/mol. The molecule has 0 bridgehead atoms. The number of anilines is 1. The lowest BCUT2D eigenvalue weighted by atomic mass is 10.1. The van der Waals surface area contributed by atoms with Crippen LogP contribution in [0.3, 0.4) is 0 Å². The molecule has 2 rings (SSSR count). The SMILES string of the molecule is COc1ccc(CCNC(=O)c2cc(NCCC(C)C)ncn2)cc1. The average molecular weight is 342 g/mol. The first-order chi connectivity index (χ1) is 12.1. The number of amides is 1. The molecule has 0 spiro atoms. The van der Waals surface area contributed by atoms with E-state index >= 15 is 0 Å². The van der Waals surface area contributed by atoms with Crippen LogP contribution in [0.25, 0.3) is 0 Å². The van der Waals surface area contributed by atoms with Crippen LogP contribution in [0, 0.1) is 5.92 Å². The summed E-state index contributed by atoms with van der Waals surface area (Å²) in [4.78, 5) is 20.4. The normalized spacial score (nSPS) is 10.6. The van der Waals surface area contributed by atoms with Crippen LogP contribution in [0.2, 0.25) is 0 Å². The fourth-order valence-corrected chi connectivity index (χ4v) is 2.27. The molecule has 0 aliphatic rings. The third kappa shape index (κ3) is 6.41. The molecule has 0 saturated heterocycles. The van der Waals surface area contributed by atoms with Gasteiger partial charge in [0.15, 0.2) is 0 Å². The van der Waals surface area contributed by atoms with Crippen LogP contribution in [-0.2, 0) is 6.42 Å². The van der Waals surface area contributed by atoms with Gasteiger partial charge in [-0.2, -0.15) is 0 Å². The molecule has 2 aromatic rings. The number of ether oxygens (including phenoxy) is 1. The minimum atomic E-state index is -0.192. The quantitative estimate of drug-likeness (QED) is 0.733. The van der Waals surface area contributed by atoms with Crippen molar-refractivity contribution in [1.82, 2.24) is 15.3 Å². The van der Waals surface area contributed by atoms with E-state index in [9.17, 15) is 4.79 Å². The van der Waals surface area contributed by atoms with Gasteiger partial charge < -0.3 is 15.4 Å². The molecule has 0 atom stereocenters. The van der Waals surface area contributed by atoms with E-state index in [2.05, 4.69) is 34.4 Å². The van der Waals surface area contributed by atoms with Gasteiger partial charge in [-0.15, -0.1) is 0 Å². The van der Waals surface area contributed by atoms with E-state index in [-0.39, 0.29) is 5.91 Å². The zero-order chi connectivity index (χ0) is 18.1. The third-order valence-electron chi connectivity index (χ3n) is 3.79. The van der Waals surface area contributed by atoms with Crippen molar-refractivity contribution in [2.24, 2.45) is 5.92 Å². The van der Waals surface area contributed by atoms with Gasteiger partial charge in [0.25, 0.3) is 5.91 Å². The Balaban J connectivity index is 1.81. The van der Waals surface area contributed by atoms with E-state index in [1.54, 1.807) is 13.2 Å². The van der Waals surface area contributed by atoms with Crippen molar-refractivity contribution in [3.05, 3.63) is 47.9 Å². The first-order valence-electron chi connectivity index (χ1n) is 8.55. The van der Waals surface area contributed by atoms with Gasteiger partial charge in [-0.1, -0.05) is 26.0 Å². The maximum Gasteiger partial charge on any atom is 0.270 e. The number of carbonyl (C=O) groups excluding carboxylic acids is 1. The molecule has 0 aliphatic heterocycles. The molecule has 1 heterocycles. The number of carbonyl (C=O) groups is 1. The second kappa shape index (κ2) is 9.61. The second-order valence-corrected chi connectivity index (χ2v) is 6.25. The van der Waals surface area contributed by atoms with Crippen molar-refractivity contribution in [2.45, 2.75) is 26.7 Å². The highest BCUT2D eigenvalue weighted by Crippen LogP contribution is 2.11. The Morgan fingerprint density at radius 2 is 1.92 bits per heavy atom. The van der Waals surface area contributed by atoms with Gasteiger partial charge in [0.2, 0.25) is 0 Å². The van der Waals surface area contributed by atoms with Crippen LogP contribution in [0.5, 0.6) is 5.75 Å². The summed E-state index contributed by atoms with van der Waals surface area (Å²) in [5.74, 6) is 1.93. The number of aromatic nitrogens is 2. The lowest BCUT2D eigenvalue weighted by molar-refractivity contribution is 0.0949. The molecule has 25 heavy (non-hydrogen) atoms. The molecule has 0 aliphatic carbocycles. The largest absolute Gasteiger partial charge is 0.497 e. The molecule has 0 unspecified atom stereocenters.